The van der Waals surface area contributed by atoms with Crippen LogP contribution in [0.5, 0.6) is 0 Å². The zero-order chi connectivity index (χ0) is 18.8. The number of piperidine rings is 1. The van der Waals surface area contributed by atoms with E-state index in [-0.39, 0.29) is 5.91 Å². The second-order valence-corrected chi connectivity index (χ2v) is 8.23. The summed E-state index contributed by atoms with van der Waals surface area (Å²) in [6.45, 7) is 5.73. The van der Waals surface area contributed by atoms with Gasteiger partial charge in [0.15, 0.2) is 0 Å². The number of rotatable bonds is 4. The van der Waals surface area contributed by atoms with Crippen LogP contribution in [0.2, 0.25) is 0 Å². The number of hydrogen-bond acceptors (Lipinski definition) is 2. The van der Waals surface area contributed by atoms with Gasteiger partial charge in [-0.15, -0.1) is 0 Å². The second-order valence-electron chi connectivity index (χ2n) is 7.37. The van der Waals surface area contributed by atoms with Crippen molar-refractivity contribution in [3.63, 3.8) is 0 Å². The monoisotopic (exact) mass is 424 g/mol. The van der Waals surface area contributed by atoms with E-state index in [1.165, 1.54) is 23.9 Å². The van der Waals surface area contributed by atoms with Gasteiger partial charge in [0.05, 0.1) is 11.1 Å². The third kappa shape index (κ3) is 3.61. The molecule has 3 nitrogen and oxygen atoms in total. The molecule has 1 saturated heterocycles. The lowest BCUT2D eigenvalue weighted by atomic mass is 9.89. The highest BCUT2D eigenvalue weighted by Crippen LogP contribution is 2.35. The van der Waals surface area contributed by atoms with Gasteiger partial charge in [-0.05, 0) is 84.5 Å². The zero-order valence-corrected chi connectivity index (χ0v) is 17.3. The molecule has 1 aliphatic rings. The lowest BCUT2D eigenvalue weighted by molar-refractivity contribution is 0.0964. The van der Waals surface area contributed by atoms with Crippen LogP contribution in [-0.2, 0) is 0 Å². The van der Waals surface area contributed by atoms with Gasteiger partial charge in [-0.1, -0.05) is 37.3 Å². The van der Waals surface area contributed by atoms with Crippen LogP contribution in [0.25, 0.3) is 10.9 Å². The van der Waals surface area contributed by atoms with E-state index >= 15 is 0 Å². The van der Waals surface area contributed by atoms with Crippen molar-refractivity contribution in [2.45, 2.75) is 32.1 Å². The molecule has 3 aromatic rings. The summed E-state index contributed by atoms with van der Waals surface area (Å²) < 4.78 is 2.67. The molecule has 0 bridgehead atoms. The summed E-state index contributed by atoms with van der Waals surface area (Å²) in [6.07, 6.45) is 5.63. The Bertz CT molecular complexity index is 954. The third-order valence-electron chi connectivity index (χ3n) is 5.63. The molecule has 27 heavy (non-hydrogen) atoms. The fraction of sp³-hybridized carbons (Fsp3) is 0.348. The van der Waals surface area contributed by atoms with Gasteiger partial charge < -0.3 is 4.90 Å². The molecule has 0 aliphatic carbocycles. The summed E-state index contributed by atoms with van der Waals surface area (Å²) >= 11 is 3.52. The molecule has 4 rings (SSSR count). The van der Waals surface area contributed by atoms with E-state index in [0.717, 1.165) is 35.9 Å². The normalized spacial score (nSPS) is 16.1. The summed E-state index contributed by atoms with van der Waals surface area (Å²) in [5.74, 6) is 0.546. The molecule has 0 spiro atoms. The van der Waals surface area contributed by atoms with Crippen molar-refractivity contribution in [1.82, 2.24) is 9.47 Å². The second kappa shape index (κ2) is 7.99. The van der Waals surface area contributed by atoms with Crippen LogP contribution in [0.3, 0.4) is 0 Å². The number of benzene rings is 2. The Labute approximate surface area is 169 Å². The van der Waals surface area contributed by atoms with Gasteiger partial charge in [-0.2, -0.15) is 0 Å². The largest absolute Gasteiger partial charge is 0.303 e. The number of para-hydroxylation sites is 1. The highest BCUT2D eigenvalue weighted by molar-refractivity contribution is 9.10. The molecule has 4 heteroatoms. The van der Waals surface area contributed by atoms with E-state index in [1.54, 1.807) is 0 Å². The number of aromatic nitrogens is 1. The summed E-state index contributed by atoms with van der Waals surface area (Å²) in [5, 5.41) is 1.21. The number of hydrogen-bond donors (Lipinski definition) is 0. The first-order valence-corrected chi connectivity index (χ1v) is 10.6. The van der Waals surface area contributed by atoms with E-state index in [2.05, 4.69) is 52.1 Å². The highest BCUT2D eigenvalue weighted by atomic mass is 79.9. The molecule has 1 aromatic heterocycles. The van der Waals surface area contributed by atoms with Crippen LogP contribution >= 0.6 is 15.9 Å². The maximum Gasteiger partial charge on any atom is 0.263 e. The average molecular weight is 425 g/mol. The minimum Gasteiger partial charge on any atom is -0.303 e. The smallest absolute Gasteiger partial charge is 0.263 e. The fourth-order valence-corrected chi connectivity index (χ4v) is 4.70. The Morgan fingerprint density at radius 3 is 2.52 bits per heavy atom. The molecule has 140 valence electrons. The molecule has 0 unspecified atom stereocenters. The maximum atomic E-state index is 13.2. The van der Waals surface area contributed by atoms with E-state index in [1.807, 2.05) is 34.9 Å². The lowest BCUT2D eigenvalue weighted by Gasteiger charge is -2.31. The molecule has 2 heterocycles. The average Bonchev–Trinajstić information content (AvgIpc) is 3.08. The van der Waals surface area contributed by atoms with Crippen molar-refractivity contribution in [2.24, 2.45) is 0 Å². The molecular formula is C23H25BrN2O. The van der Waals surface area contributed by atoms with Gasteiger partial charge >= 0.3 is 0 Å². The van der Waals surface area contributed by atoms with Crippen molar-refractivity contribution in [1.29, 1.82) is 0 Å². The Morgan fingerprint density at radius 1 is 1.07 bits per heavy atom. The van der Waals surface area contributed by atoms with Crippen LogP contribution in [0, 0.1) is 0 Å². The molecule has 0 amide bonds. The first kappa shape index (κ1) is 18.5. The van der Waals surface area contributed by atoms with E-state index in [0.29, 0.717) is 11.5 Å². The summed E-state index contributed by atoms with van der Waals surface area (Å²) in [7, 11) is 0. The molecule has 2 aromatic carbocycles. The number of likely N-dealkylation sites (tertiary alicyclic amines) is 1. The number of nitrogens with zero attached hydrogens (tertiary/aromatic N) is 2. The van der Waals surface area contributed by atoms with Crippen molar-refractivity contribution in [3.05, 3.63) is 70.3 Å². The predicted molar refractivity (Wildman–Crippen MR) is 115 cm³/mol. The Hall–Kier alpha value is -1.91. The molecular weight excluding hydrogens is 400 g/mol. The van der Waals surface area contributed by atoms with E-state index < -0.39 is 0 Å². The van der Waals surface area contributed by atoms with Crippen LogP contribution < -0.4 is 0 Å². The fourth-order valence-electron chi connectivity index (χ4n) is 4.25. The SMILES string of the molecule is CCCN1CCC(c2cn(C(=O)c3ccccc3Br)c3ccccc23)CC1. The Morgan fingerprint density at radius 2 is 1.78 bits per heavy atom. The van der Waals surface area contributed by atoms with Gasteiger partial charge in [0, 0.05) is 16.1 Å². The van der Waals surface area contributed by atoms with Crippen LogP contribution in [0.15, 0.2) is 59.2 Å². The summed E-state index contributed by atoms with van der Waals surface area (Å²) in [5.41, 5.74) is 3.02. The standard InChI is InChI=1S/C23H25BrN2O/c1-2-13-25-14-11-17(12-15-25)20-16-26(22-10-6-4-7-18(20)22)23(27)19-8-3-5-9-21(19)24/h3-10,16-17H,2,11-15H2,1H3. The quantitative estimate of drug-likeness (QED) is 0.537. The maximum absolute atomic E-state index is 13.2. The first-order valence-electron chi connectivity index (χ1n) is 9.80. The minimum atomic E-state index is 0.0216. The molecule has 0 saturated carbocycles. The van der Waals surface area contributed by atoms with Gasteiger partial charge in [-0.3, -0.25) is 9.36 Å². The van der Waals surface area contributed by atoms with Gasteiger partial charge in [-0.25, -0.2) is 0 Å². The third-order valence-corrected chi connectivity index (χ3v) is 6.32. The van der Waals surface area contributed by atoms with Crippen LogP contribution in [0.1, 0.15) is 48.0 Å². The molecule has 0 N–H and O–H groups in total. The van der Waals surface area contributed by atoms with Gasteiger partial charge in [0.1, 0.15) is 0 Å². The molecule has 0 atom stereocenters. The van der Waals surface area contributed by atoms with Gasteiger partial charge in [0.25, 0.3) is 5.91 Å². The number of fused-ring (bicyclic) bond motifs is 1. The van der Waals surface area contributed by atoms with Crippen molar-refractivity contribution in [2.75, 3.05) is 19.6 Å². The first-order chi connectivity index (χ1) is 13.2. The Kier molecular flexibility index (Phi) is 5.46. The summed E-state index contributed by atoms with van der Waals surface area (Å²) in [4.78, 5) is 15.8. The van der Waals surface area contributed by atoms with Crippen molar-refractivity contribution >= 4 is 32.7 Å². The number of carbonyl (C=O) groups is 1. The number of carbonyl (C=O) groups excluding carboxylic acids is 1. The summed E-state index contributed by atoms with van der Waals surface area (Å²) in [6, 6.07) is 15.9. The Balaban J connectivity index is 1.70. The van der Waals surface area contributed by atoms with Crippen LogP contribution in [-0.4, -0.2) is 35.0 Å². The topological polar surface area (TPSA) is 25.2 Å². The van der Waals surface area contributed by atoms with E-state index in [9.17, 15) is 4.79 Å². The zero-order valence-electron chi connectivity index (χ0n) is 15.7. The van der Waals surface area contributed by atoms with E-state index in [4.69, 9.17) is 0 Å². The molecule has 0 radical (unpaired) electrons. The predicted octanol–water partition coefficient (Wildman–Crippen LogP) is 5.68. The minimum absolute atomic E-state index is 0.0216. The van der Waals surface area contributed by atoms with Crippen molar-refractivity contribution < 1.29 is 4.79 Å². The highest BCUT2D eigenvalue weighted by Gasteiger charge is 2.25. The molecule has 1 aliphatic heterocycles. The van der Waals surface area contributed by atoms with Crippen molar-refractivity contribution in [3.8, 4) is 0 Å². The molecule has 1 fully saturated rings. The van der Waals surface area contributed by atoms with Gasteiger partial charge in [0.2, 0.25) is 0 Å². The number of halogens is 1. The lowest BCUT2D eigenvalue weighted by Crippen LogP contribution is -2.33. The van der Waals surface area contributed by atoms with Crippen LogP contribution in [0.4, 0.5) is 0 Å².